The highest BCUT2D eigenvalue weighted by atomic mass is 19.4. The average Bonchev–Trinajstić information content (AvgIpc) is 2.74. The lowest BCUT2D eigenvalue weighted by atomic mass is 10.1. The molecule has 162 valence electrons. The standard InChI is InChI=1S/C18H15FN4O.C2HF3O2/c19-14-5-3-13(4-6-14)17-8-7-15(11-22-17)21-12-18(24)23-16-2-1-9-20-10-16;3-2(4,5)1(6)7/h1-11,21H,12H2,(H,23,24);(H,6,7). The molecular formula is C20H16F4N4O3. The summed E-state index contributed by atoms with van der Waals surface area (Å²) in [7, 11) is 0. The molecule has 3 aromatic rings. The molecule has 0 aliphatic rings. The number of carboxylic acids is 1. The molecule has 0 saturated heterocycles. The molecule has 0 aliphatic carbocycles. The lowest BCUT2D eigenvalue weighted by molar-refractivity contribution is -0.192. The van der Waals surface area contributed by atoms with Crippen LogP contribution in [0.4, 0.5) is 28.9 Å². The van der Waals surface area contributed by atoms with E-state index in [2.05, 4.69) is 20.6 Å². The van der Waals surface area contributed by atoms with Crippen molar-refractivity contribution in [3.05, 3.63) is 72.9 Å². The highest BCUT2D eigenvalue weighted by Crippen LogP contribution is 2.18. The Labute approximate surface area is 173 Å². The van der Waals surface area contributed by atoms with Crippen LogP contribution in [0.5, 0.6) is 0 Å². The molecule has 0 atom stereocenters. The minimum Gasteiger partial charge on any atom is -0.475 e. The minimum atomic E-state index is -5.08. The Morgan fingerprint density at radius 1 is 0.968 bits per heavy atom. The van der Waals surface area contributed by atoms with Gasteiger partial charge in [-0.05, 0) is 48.5 Å². The van der Waals surface area contributed by atoms with Gasteiger partial charge in [0, 0.05) is 11.8 Å². The number of anilines is 2. The number of hydrogen-bond donors (Lipinski definition) is 3. The second-order valence-electron chi connectivity index (χ2n) is 5.89. The third-order valence-corrected chi connectivity index (χ3v) is 3.54. The molecule has 0 bridgehead atoms. The predicted octanol–water partition coefficient (Wildman–Crippen LogP) is 3.97. The summed E-state index contributed by atoms with van der Waals surface area (Å²) in [5, 5.41) is 12.9. The zero-order valence-electron chi connectivity index (χ0n) is 15.7. The van der Waals surface area contributed by atoms with E-state index in [-0.39, 0.29) is 18.3 Å². The monoisotopic (exact) mass is 436 g/mol. The molecule has 2 aromatic heterocycles. The highest BCUT2D eigenvalue weighted by Gasteiger charge is 2.38. The molecule has 0 saturated carbocycles. The van der Waals surface area contributed by atoms with Crippen LogP contribution < -0.4 is 10.6 Å². The number of alkyl halides is 3. The first kappa shape index (κ1) is 23.3. The normalized spacial score (nSPS) is 10.5. The van der Waals surface area contributed by atoms with Crippen LogP contribution in [-0.4, -0.2) is 39.7 Å². The molecule has 1 aromatic carbocycles. The van der Waals surface area contributed by atoms with Crippen molar-refractivity contribution >= 4 is 23.3 Å². The average molecular weight is 436 g/mol. The van der Waals surface area contributed by atoms with Crippen molar-refractivity contribution in [3.63, 3.8) is 0 Å². The molecule has 31 heavy (non-hydrogen) atoms. The summed E-state index contributed by atoms with van der Waals surface area (Å²) in [6.45, 7) is 0.118. The molecule has 0 aliphatic heterocycles. The molecule has 3 rings (SSSR count). The van der Waals surface area contributed by atoms with Crippen LogP contribution in [0.2, 0.25) is 0 Å². The molecule has 0 spiro atoms. The molecule has 0 unspecified atom stereocenters. The summed E-state index contributed by atoms with van der Waals surface area (Å²) in [5.74, 6) is -3.21. The number of carbonyl (C=O) groups is 2. The topological polar surface area (TPSA) is 104 Å². The Balaban J connectivity index is 0.000000423. The lowest BCUT2D eigenvalue weighted by Gasteiger charge is -2.08. The largest absolute Gasteiger partial charge is 0.490 e. The Hall–Kier alpha value is -4.02. The number of rotatable bonds is 5. The number of aliphatic carboxylic acids is 1. The molecule has 3 N–H and O–H groups in total. The number of nitrogens with one attached hydrogen (secondary N) is 2. The molecule has 11 heteroatoms. The molecule has 0 radical (unpaired) electrons. The summed E-state index contributed by atoms with van der Waals surface area (Å²) in [4.78, 5) is 29.0. The lowest BCUT2D eigenvalue weighted by Crippen LogP contribution is -2.21. The van der Waals surface area contributed by atoms with E-state index in [1.54, 1.807) is 42.9 Å². The zero-order valence-corrected chi connectivity index (χ0v) is 15.7. The number of carboxylic acid groups (broad SMARTS) is 1. The fourth-order valence-electron chi connectivity index (χ4n) is 2.11. The fraction of sp³-hybridized carbons (Fsp3) is 0.100. The van der Waals surface area contributed by atoms with Crippen molar-refractivity contribution in [3.8, 4) is 11.3 Å². The smallest absolute Gasteiger partial charge is 0.475 e. The van der Waals surface area contributed by atoms with Crippen molar-refractivity contribution in [2.75, 3.05) is 17.2 Å². The van der Waals surface area contributed by atoms with Gasteiger partial charge in [-0.15, -0.1) is 0 Å². The van der Waals surface area contributed by atoms with E-state index < -0.39 is 12.1 Å². The van der Waals surface area contributed by atoms with Gasteiger partial charge in [0.15, 0.2) is 0 Å². The van der Waals surface area contributed by atoms with Gasteiger partial charge in [0.05, 0.1) is 36.0 Å². The fourth-order valence-corrected chi connectivity index (χ4v) is 2.11. The second-order valence-corrected chi connectivity index (χ2v) is 5.89. The van der Waals surface area contributed by atoms with Crippen molar-refractivity contribution < 1.29 is 32.3 Å². The number of pyridine rings is 2. The third-order valence-electron chi connectivity index (χ3n) is 3.54. The number of carbonyl (C=O) groups excluding carboxylic acids is 1. The number of aromatic nitrogens is 2. The summed E-state index contributed by atoms with van der Waals surface area (Å²) < 4.78 is 44.7. The minimum absolute atomic E-state index is 0.118. The maximum absolute atomic E-state index is 12.9. The first-order chi connectivity index (χ1) is 14.6. The van der Waals surface area contributed by atoms with Gasteiger partial charge in [0.25, 0.3) is 0 Å². The van der Waals surface area contributed by atoms with Gasteiger partial charge >= 0.3 is 12.1 Å². The zero-order chi connectivity index (χ0) is 22.9. The van der Waals surface area contributed by atoms with Crippen LogP contribution in [0.25, 0.3) is 11.3 Å². The summed E-state index contributed by atoms with van der Waals surface area (Å²) in [6, 6.07) is 13.3. The van der Waals surface area contributed by atoms with E-state index in [0.717, 1.165) is 16.9 Å². The van der Waals surface area contributed by atoms with Gasteiger partial charge in [-0.3, -0.25) is 14.8 Å². The van der Waals surface area contributed by atoms with Crippen molar-refractivity contribution in [2.45, 2.75) is 6.18 Å². The van der Waals surface area contributed by atoms with E-state index in [9.17, 15) is 22.4 Å². The molecule has 1 amide bonds. The summed E-state index contributed by atoms with van der Waals surface area (Å²) >= 11 is 0. The van der Waals surface area contributed by atoms with E-state index in [0.29, 0.717) is 5.69 Å². The maximum atomic E-state index is 12.9. The molecule has 0 fully saturated rings. The second kappa shape index (κ2) is 10.7. The maximum Gasteiger partial charge on any atom is 0.490 e. The molecule has 2 heterocycles. The van der Waals surface area contributed by atoms with Crippen LogP contribution >= 0.6 is 0 Å². The van der Waals surface area contributed by atoms with Gasteiger partial charge in [-0.25, -0.2) is 9.18 Å². The van der Waals surface area contributed by atoms with Gasteiger partial charge in [0.1, 0.15) is 5.82 Å². The predicted molar refractivity (Wildman–Crippen MR) is 105 cm³/mol. The Morgan fingerprint density at radius 3 is 2.16 bits per heavy atom. The van der Waals surface area contributed by atoms with E-state index in [4.69, 9.17) is 9.90 Å². The number of benzene rings is 1. The van der Waals surface area contributed by atoms with Crippen LogP contribution in [0.1, 0.15) is 0 Å². The van der Waals surface area contributed by atoms with Crippen LogP contribution in [0.3, 0.4) is 0 Å². The number of halogens is 4. The van der Waals surface area contributed by atoms with Crippen molar-refractivity contribution in [1.82, 2.24) is 9.97 Å². The van der Waals surface area contributed by atoms with E-state index in [1.807, 2.05) is 12.1 Å². The van der Waals surface area contributed by atoms with Gasteiger partial charge in [0.2, 0.25) is 5.91 Å². The number of amides is 1. The van der Waals surface area contributed by atoms with Gasteiger partial charge in [-0.1, -0.05) is 0 Å². The SMILES string of the molecule is O=C(CNc1ccc(-c2ccc(F)cc2)nc1)Nc1cccnc1.O=C(O)C(F)(F)F. The van der Waals surface area contributed by atoms with E-state index in [1.165, 1.54) is 12.1 Å². The van der Waals surface area contributed by atoms with Gasteiger partial charge < -0.3 is 15.7 Å². The molecule has 7 nitrogen and oxygen atoms in total. The van der Waals surface area contributed by atoms with Crippen molar-refractivity contribution in [1.29, 1.82) is 0 Å². The number of nitrogens with zero attached hydrogens (tertiary/aromatic N) is 2. The Kier molecular flexibility index (Phi) is 8.01. The van der Waals surface area contributed by atoms with Gasteiger partial charge in [-0.2, -0.15) is 13.2 Å². The molecular weight excluding hydrogens is 420 g/mol. The Morgan fingerprint density at radius 2 is 1.65 bits per heavy atom. The van der Waals surface area contributed by atoms with Crippen LogP contribution in [0.15, 0.2) is 67.1 Å². The quantitative estimate of drug-likeness (QED) is 0.523. The van der Waals surface area contributed by atoms with Crippen molar-refractivity contribution in [2.24, 2.45) is 0 Å². The number of hydrogen-bond acceptors (Lipinski definition) is 5. The first-order valence-electron chi connectivity index (χ1n) is 8.61. The highest BCUT2D eigenvalue weighted by molar-refractivity contribution is 5.93. The van der Waals surface area contributed by atoms with E-state index >= 15 is 0 Å². The first-order valence-corrected chi connectivity index (χ1v) is 8.61. The Bertz CT molecular complexity index is 996. The van der Waals surface area contributed by atoms with Crippen LogP contribution in [-0.2, 0) is 9.59 Å². The third kappa shape index (κ3) is 8.09. The van der Waals surface area contributed by atoms with Crippen LogP contribution in [0, 0.1) is 5.82 Å². The summed E-state index contributed by atoms with van der Waals surface area (Å²) in [6.07, 6.45) is -0.227. The summed E-state index contributed by atoms with van der Waals surface area (Å²) in [5.41, 5.74) is 2.94.